The van der Waals surface area contributed by atoms with E-state index in [1.165, 1.54) is 37.8 Å². The van der Waals surface area contributed by atoms with Gasteiger partial charge in [0.15, 0.2) is 5.15 Å². The van der Waals surface area contributed by atoms with E-state index in [9.17, 15) is 8.42 Å². The third kappa shape index (κ3) is 3.09. The first-order valence-electron chi connectivity index (χ1n) is 5.02. The fourth-order valence-electron chi connectivity index (χ4n) is 1.26. The van der Waals surface area contributed by atoms with Gasteiger partial charge in [-0.2, -0.15) is 4.98 Å². The number of nitrogens with one attached hydrogen (secondary N) is 1. The van der Waals surface area contributed by atoms with Crippen LogP contribution in [0.25, 0.3) is 0 Å². The third-order valence-electron chi connectivity index (χ3n) is 2.08. The number of anilines is 1. The number of ether oxygens (including phenoxy) is 1. The molecule has 9 heteroatoms. The van der Waals surface area contributed by atoms with Gasteiger partial charge in [0.1, 0.15) is 4.90 Å². The molecule has 7 nitrogen and oxygen atoms in total. The van der Waals surface area contributed by atoms with Crippen molar-refractivity contribution in [2.24, 2.45) is 0 Å². The Morgan fingerprint density at radius 1 is 1.37 bits per heavy atom. The zero-order valence-corrected chi connectivity index (χ0v) is 11.3. The van der Waals surface area contributed by atoms with Crippen molar-refractivity contribution in [2.75, 3.05) is 11.8 Å². The first kappa shape index (κ1) is 13.5. The summed E-state index contributed by atoms with van der Waals surface area (Å²) in [5.41, 5.74) is 0. The first-order chi connectivity index (χ1) is 9.03. The molecule has 0 bridgehead atoms. The lowest BCUT2D eigenvalue weighted by Gasteiger charge is -2.09. The van der Waals surface area contributed by atoms with Gasteiger partial charge in [-0.1, -0.05) is 11.6 Å². The van der Waals surface area contributed by atoms with Crippen LogP contribution in [0.4, 0.5) is 5.82 Å². The Balaban J connectivity index is 2.36. The third-order valence-corrected chi connectivity index (χ3v) is 3.59. The van der Waals surface area contributed by atoms with Crippen LogP contribution in [-0.4, -0.2) is 30.5 Å². The fourth-order valence-corrected chi connectivity index (χ4v) is 2.35. The molecule has 2 rings (SSSR count). The molecule has 2 aromatic rings. The Hall–Kier alpha value is -1.93. The van der Waals surface area contributed by atoms with E-state index >= 15 is 0 Å². The highest BCUT2D eigenvalue weighted by Gasteiger charge is 2.18. The Bertz CT molecular complexity index is 678. The summed E-state index contributed by atoms with van der Waals surface area (Å²) in [6, 6.07) is 2.92. The summed E-state index contributed by atoms with van der Waals surface area (Å²) in [5, 5.41) is 0.0983. The Morgan fingerprint density at radius 2 is 2.16 bits per heavy atom. The van der Waals surface area contributed by atoms with E-state index in [0.717, 1.165) is 0 Å². The zero-order valence-electron chi connectivity index (χ0n) is 9.74. The molecule has 2 heterocycles. The van der Waals surface area contributed by atoms with Gasteiger partial charge in [0.05, 0.1) is 13.3 Å². The summed E-state index contributed by atoms with van der Waals surface area (Å²) in [7, 11) is -2.46. The molecule has 2 aromatic heterocycles. The minimum Gasteiger partial charge on any atom is -0.478 e. The van der Waals surface area contributed by atoms with Crippen LogP contribution in [0.3, 0.4) is 0 Å². The molecule has 0 saturated carbocycles. The van der Waals surface area contributed by atoms with Crippen LogP contribution in [0.2, 0.25) is 5.15 Å². The molecular weight excluding hydrogens is 292 g/mol. The van der Waals surface area contributed by atoms with Crippen molar-refractivity contribution in [1.29, 1.82) is 0 Å². The molecule has 0 amide bonds. The number of hydrogen-bond donors (Lipinski definition) is 1. The highest BCUT2D eigenvalue weighted by molar-refractivity contribution is 7.92. The highest BCUT2D eigenvalue weighted by atomic mass is 35.5. The van der Waals surface area contributed by atoms with Gasteiger partial charge in [-0.25, -0.2) is 13.4 Å². The van der Waals surface area contributed by atoms with Crippen molar-refractivity contribution in [3.8, 4) is 5.88 Å². The molecule has 0 unspecified atom stereocenters. The van der Waals surface area contributed by atoms with Crippen molar-refractivity contribution >= 4 is 27.4 Å². The fraction of sp³-hybridized carbons (Fsp3) is 0.100. The van der Waals surface area contributed by atoms with E-state index in [1.54, 1.807) is 0 Å². The smallest absolute Gasteiger partial charge is 0.264 e. The molecule has 0 radical (unpaired) electrons. The number of sulfonamides is 1. The number of pyridine rings is 1. The van der Waals surface area contributed by atoms with Gasteiger partial charge in [0, 0.05) is 12.4 Å². The van der Waals surface area contributed by atoms with Crippen LogP contribution in [-0.2, 0) is 10.0 Å². The summed E-state index contributed by atoms with van der Waals surface area (Å²) in [6.07, 6.45) is 3.91. The summed E-state index contributed by atoms with van der Waals surface area (Å²) in [6.45, 7) is 0. The van der Waals surface area contributed by atoms with Crippen molar-refractivity contribution in [3.05, 3.63) is 35.9 Å². The number of rotatable bonds is 4. The predicted octanol–water partition coefficient (Wildman–Crippen LogP) is 1.33. The number of methoxy groups -OCH3 is 1. The summed E-state index contributed by atoms with van der Waals surface area (Å²) >= 11 is 5.64. The second kappa shape index (κ2) is 5.37. The number of halogens is 1. The van der Waals surface area contributed by atoms with Gasteiger partial charge in [-0.05, 0) is 12.1 Å². The quantitative estimate of drug-likeness (QED) is 0.915. The molecule has 0 spiro atoms. The zero-order chi connectivity index (χ0) is 13.9. The molecule has 0 atom stereocenters. The van der Waals surface area contributed by atoms with Gasteiger partial charge >= 0.3 is 0 Å². The average Bonchev–Trinajstić information content (AvgIpc) is 2.41. The first-order valence-corrected chi connectivity index (χ1v) is 6.88. The molecule has 100 valence electrons. The van der Waals surface area contributed by atoms with Crippen molar-refractivity contribution in [3.63, 3.8) is 0 Å². The average molecular weight is 301 g/mol. The minimum absolute atomic E-state index is 0.00815. The maximum absolute atomic E-state index is 12.0. The molecule has 0 aliphatic rings. The van der Waals surface area contributed by atoms with Gasteiger partial charge in [-0.15, -0.1) is 0 Å². The number of nitrogens with zero attached hydrogens (tertiary/aromatic N) is 3. The molecule has 0 aliphatic heterocycles. The van der Waals surface area contributed by atoms with E-state index in [0.29, 0.717) is 0 Å². The summed E-state index contributed by atoms with van der Waals surface area (Å²) in [4.78, 5) is 11.4. The van der Waals surface area contributed by atoms with E-state index in [-0.39, 0.29) is 21.7 Å². The van der Waals surface area contributed by atoms with Crippen molar-refractivity contribution in [1.82, 2.24) is 15.0 Å². The lowest BCUT2D eigenvalue weighted by Crippen LogP contribution is -2.15. The second-order valence-corrected chi connectivity index (χ2v) is 5.41. The molecule has 0 aliphatic carbocycles. The van der Waals surface area contributed by atoms with Gasteiger partial charge in [-0.3, -0.25) is 9.71 Å². The summed E-state index contributed by atoms with van der Waals surface area (Å²) < 4.78 is 31.3. The molecular formula is C10H9ClN4O3S. The lowest BCUT2D eigenvalue weighted by atomic mass is 10.5. The van der Waals surface area contributed by atoms with Crippen LogP contribution in [0, 0.1) is 0 Å². The molecule has 19 heavy (non-hydrogen) atoms. The molecule has 0 aromatic carbocycles. The predicted molar refractivity (Wildman–Crippen MR) is 68.6 cm³/mol. The monoisotopic (exact) mass is 300 g/mol. The van der Waals surface area contributed by atoms with Crippen molar-refractivity contribution < 1.29 is 13.2 Å². The standard InChI is InChI=1S/C10H9ClN4O3S/c1-18-10-9(13-6-8(11)14-10)15-19(16,17)7-3-2-4-12-5-7/h2-6H,1H3,(H,13,15). The van der Waals surface area contributed by atoms with Gasteiger partial charge < -0.3 is 4.74 Å². The Labute approximate surface area is 114 Å². The van der Waals surface area contributed by atoms with Crippen LogP contribution in [0.1, 0.15) is 0 Å². The van der Waals surface area contributed by atoms with Crippen LogP contribution < -0.4 is 9.46 Å². The maximum Gasteiger partial charge on any atom is 0.264 e. The van der Waals surface area contributed by atoms with E-state index in [4.69, 9.17) is 16.3 Å². The largest absolute Gasteiger partial charge is 0.478 e. The number of aromatic nitrogens is 3. The van der Waals surface area contributed by atoms with Crippen LogP contribution >= 0.6 is 11.6 Å². The topological polar surface area (TPSA) is 94.1 Å². The Morgan fingerprint density at radius 3 is 2.79 bits per heavy atom. The van der Waals surface area contributed by atoms with E-state index in [2.05, 4.69) is 19.7 Å². The molecule has 0 saturated heterocycles. The van der Waals surface area contributed by atoms with Crippen LogP contribution in [0.15, 0.2) is 35.6 Å². The SMILES string of the molecule is COc1nc(Cl)cnc1NS(=O)(=O)c1cccnc1. The van der Waals surface area contributed by atoms with Gasteiger partial charge in [0.2, 0.25) is 5.82 Å². The van der Waals surface area contributed by atoms with E-state index < -0.39 is 10.0 Å². The summed E-state index contributed by atoms with van der Waals surface area (Å²) in [5.74, 6) is -0.0595. The van der Waals surface area contributed by atoms with Gasteiger partial charge in [0.25, 0.3) is 15.9 Å². The normalized spacial score (nSPS) is 11.1. The maximum atomic E-state index is 12.0. The number of hydrogen-bond acceptors (Lipinski definition) is 6. The Kier molecular flexibility index (Phi) is 3.82. The molecule has 1 N–H and O–H groups in total. The van der Waals surface area contributed by atoms with E-state index in [1.807, 2.05) is 0 Å². The minimum atomic E-state index is -3.80. The van der Waals surface area contributed by atoms with Crippen molar-refractivity contribution in [2.45, 2.75) is 4.90 Å². The van der Waals surface area contributed by atoms with Crippen LogP contribution in [0.5, 0.6) is 5.88 Å². The molecule has 0 fully saturated rings. The highest BCUT2D eigenvalue weighted by Crippen LogP contribution is 2.23. The lowest BCUT2D eigenvalue weighted by molar-refractivity contribution is 0.398. The second-order valence-electron chi connectivity index (χ2n) is 3.34.